The van der Waals surface area contributed by atoms with Gasteiger partial charge in [0.2, 0.25) is 0 Å². The molecule has 1 aliphatic heterocycles. The van der Waals surface area contributed by atoms with Crippen LogP contribution in [0, 0.1) is 0 Å². The average molecular weight is 515 g/mol. The monoisotopic (exact) mass is 514 g/mol. The molecule has 1 aromatic carbocycles. The van der Waals surface area contributed by atoms with E-state index < -0.39 is 0 Å². The molecule has 1 saturated carbocycles. The number of rotatable bonds is 7. The number of hydrogen-bond donors (Lipinski definition) is 3. The molecule has 2 aliphatic rings. The lowest BCUT2D eigenvalue weighted by molar-refractivity contribution is 0.0963. The number of pyridine rings is 1. The van der Waals surface area contributed by atoms with Crippen LogP contribution in [-0.2, 0) is 0 Å². The number of fused-ring (bicyclic) bond motifs is 1. The molecule has 1 aliphatic carbocycles. The number of carbonyl (C=O) groups is 1. The van der Waals surface area contributed by atoms with Gasteiger partial charge >= 0.3 is 0 Å². The Hall–Kier alpha value is -3.92. The Balaban J connectivity index is 1.11. The van der Waals surface area contributed by atoms with Gasteiger partial charge in [-0.3, -0.25) is 4.79 Å². The number of hydrogen-bond acceptors (Lipinski definition) is 8. The fraction of sp³-hybridized carbons (Fsp3) is 0.429. The number of oxazole rings is 1. The summed E-state index contributed by atoms with van der Waals surface area (Å²) < 4.78 is 7.92. The predicted molar refractivity (Wildman–Crippen MR) is 146 cm³/mol. The summed E-state index contributed by atoms with van der Waals surface area (Å²) >= 11 is 0. The van der Waals surface area contributed by atoms with Crippen molar-refractivity contribution in [2.24, 2.45) is 0 Å². The molecule has 198 valence electrons. The molecule has 3 aromatic heterocycles. The molecule has 1 amide bonds. The summed E-state index contributed by atoms with van der Waals surface area (Å²) in [7, 11) is 1.63. The van der Waals surface area contributed by atoms with E-state index in [1.165, 1.54) is 18.5 Å². The van der Waals surface area contributed by atoms with Crippen LogP contribution in [0.1, 0.15) is 48.9 Å². The van der Waals surface area contributed by atoms with E-state index in [0.717, 1.165) is 50.0 Å². The molecular weight excluding hydrogens is 480 g/mol. The number of amides is 1. The number of anilines is 2. The molecule has 3 N–H and O–H groups in total. The third kappa shape index (κ3) is 5.22. The first-order valence-electron chi connectivity index (χ1n) is 13.5. The first-order valence-corrected chi connectivity index (χ1v) is 13.5. The number of nitrogens with one attached hydrogen (secondary N) is 3. The molecule has 0 spiro atoms. The van der Waals surface area contributed by atoms with Gasteiger partial charge in [0.15, 0.2) is 11.4 Å². The van der Waals surface area contributed by atoms with Crippen molar-refractivity contribution < 1.29 is 9.21 Å². The number of piperidine rings is 1. The van der Waals surface area contributed by atoms with Gasteiger partial charge < -0.3 is 25.3 Å². The zero-order chi connectivity index (χ0) is 25.9. The molecule has 10 nitrogen and oxygen atoms in total. The van der Waals surface area contributed by atoms with E-state index in [-0.39, 0.29) is 11.9 Å². The van der Waals surface area contributed by atoms with E-state index in [2.05, 4.69) is 48.2 Å². The Kier molecular flexibility index (Phi) is 6.96. The molecule has 2 fully saturated rings. The van der Waals surface area contributed by atoms with Crippen molar-refractivity contribution >= 4 is 23.3 Å². The van der Waals surface area contributed by atoms with Gasteiger partial charge in [-0.05, 0) is 49.9 Å². The minimum Gasteiger partial charge on any atom is -0.424 e. The zero-order valence-electron chi connectivity index (χ0n) is 21.6. The summed E-state index contributed by atoms with van der Waals surface area (Å²) in [6.07, 6.45) is 12.3. The fourth-order valence-corrected chi connectivity index (χ4v) is 5.74. The Labute approximate surface area is 221 Å². The third-order valence-corrected chi connectivity index (χ3v) is 7.71. The van der Waals surface area contributed by atoms with E-state index in [9.17, 15) is 4.79 Å². The molecule has 38 heavy (non-hydrogen) atoms. The van der Waals surface area contributed by atoms with Crippen LogP contribution in [-0.4, -0.2) is 63.8 Å². The van der Waals surface area contributed by atoms with E-state index in [1.807, 2.05) is 28.8 Å². The summed E-state index contributed by atoms with van der Waals surface area (Å²) in [6.45, 7) is 2.01. The van der Waals surface area contributed by atoms with E-state index in [0.29, 0.717) is 29.4 Å². The van der Waals surface area contributed by atoms with Crippen LogP contribution in [0.3, 0.4) is 0 Å². The molecule has 1 saturated heterocycles. The highest BCUT2D eigenvalue weighted by Crippen LogP contribution is 2.28. The minimum atomic E-state index is -0.124. The Morgan fingerprint density at radius 3 is 2.84 bits per heavy atom. The normalized spacial score (nSPS) is 21.9. The first kappa shape index (κ1) is 24.4. The van der Waals surface area contributed by atoms with Crippen LogP contribution in [0.5, 0.6) is 0 Å². The van der Waals surface area contributed by atoms with Crippen LogP contribution in [0.4, 0.5) is 11.7 Å². The van der Waals surface area contributed by atoms with Crippen molar-refractivity contribution in [3.05, 3.63) is 60.7 Å². The maximum atomic E-state index is 12.0. The van der Waals surface area contributed by atoms with Gasteiger partial charge in [0.05, 0.1) is 18.1 Å². The highest BCUT2D eigenvalue weighted by molar-refractivity contribution is 5.95. The van der Waals surface area contributed by atoms with Crippen molar-refractivity contribution in [3.8, 4) is 11.3 Å². The van der Waals surface area contributed by atoms with Gasteiger partial charge in [-0.15, -0.1) is 0 Å². The largest absolute Gasteiger partial charge is 0.424 e. The third-order valence-electron chi connectivity index (χ3n) is 7.71. The lowest BCUT2D eigenvalue weighted by Gasteiger charge is -2.40. The molecule has 1 unspecified atom stereocenters. The Morgan fingerprint density at radius 1 is 1.05 bits per heavy atom. The molecule has 10 heteroatoms. The zero-order valence-corrected chi connectivity index (χ0v) is 21.6. The van der Waals surface area contributed by atoms with Gasteiger partial charge in [0.1, 0.15) is 6.33 Å². The van der Waals surface area contributed by atoms with E-state index >= 15 is 0 Å². The smallest absolute Gasteiger partial charge is 0.295 e. The van der Waals surface area contributed by atoms with E-state index in [1.54, 1.807) is 25.6 Å². The van der Waals surface area contributed by atoms with Crippen LogP contribution >= 0.6 is 0 Å². The van der Waals surface area contributed by atoms with Gasteiger partial charge in [-0.1, -0.05) is 25.0 Å². The standard InChI is InChI=1S/C28H34N8O2/c1-29-27(37)20-7-4-6-19(14-20)25-15-30-28(38-25)34-24-10-3-2-9-23(24)33-21-8-5-13-35(16-21)22-11-12-26-31-18-32-36(26)17-22/h4,6-7,11-12,14-15,17-18,21,23-24,33H,2-3,5,8-10,13,16H2,1H3,(H,29,37)(H,30,34)/t21-,23?,24+/m0/s1. The fourth-order valence-electron chi connectivity index (χ4n) is 5.74. The highest BCUT2D eigenvalue weighted by Gasteiger charge is 2.30. The Morgan fingerprint density at radius 2 is 1.95 bits per heavy atom. The second kappa shape index (κ2) is 10.8. The van der Waals surface area contributed by atoms with Gasteiger partial charge in [0.25, 0.3) is 11.9 Å². The molecular formula is C28H34N8O2. The van der Waals surface area contributed by atoms with Crippen LogP contribution in [0.25, 0.3) is 17.0 Å². The van der Waals surface area contributed by atoms with Crippen LogP contribution in [0.2, 0.25) is 0 Å². The number of benzene rings is 1. The average Bonchev–Trinajstić information content (AvgIpc) is 3.63. The maximum absolute atomic E-state index is 12.0. The van der Waals surface area contributed by atoms with Gasteiger partial charge in [-0.2, -0.15) is 5.10 Å². The molecule has 4 heterocycles. The topological polar surface area (TPSA) is 113 Å². The molecule has 6 rings (SSSR count). The van der Waals surface area contributed by atoms with Crippen LogP contribution in [0.15, 0.2) is 59.5 Å². The molecule has 3 atom stereocenters. The molecule has 0 radical (unpaired) electrons. The summed E-state index contributed by atoms with van der Waals surface area (Å²) in [4.78, 5) is 23.2. The summed E-state index contributed by atoms with van der Waals surface area (Å²) in [6, 6.07) is 13.1. The number of aromatic nitrogens is 4. The van der Waals surface area contributed by atoms with Crippen molar-refractivity contribution in [1.82, 2.24) is 30.2 Å². The second-order valence-corrected chi connectivity index (χ2v) is 10.2. The SMILES string of the molecule is CNC(=O)c1cccc(-c2cnc(N[C@@H]3CCCCC3N[C@H]3CCCN(c4ccc5ncnn5c4)C3)o2)c1. The number of carbonyl (C=O) groups excluding carboxylic acids is 1. The lowest BCUT2D eigenvalue weighted by atomic mass is 9.89. The summed E-state index contributed by atoms with van der Waals surface area (Å²) in [5.74, 6) is 0.520. The summed E-state index contributed by atoms with van der Waals surface area (Å²) in [5, 5.41) is 14.5. The maximum Gasteiger partial charge on any atom is 0.295 e. The number of nitrogens with zero attached hydrogens (tertiary/aromatic N) is 5. The van der Waals surface area contributed by atoms with Crippen molar-refractivity contribution in [2.75, 3.05) is 30.4 Å². The van der Waals surface area contributed by atoms with Crippen molar-refractivity contribution in [1.29, 1.82) is 0 Å². The molecule has 0 bridgehead atoms. The summed E-state index contributed by atoms with van der Waals surface area (Å²) in [5.41, 5.74) is 3.47. The minimum absolute atomic E-state index is 0.124. The van der Waals surface area contributed by atoms with Crippen molar-refractivity contribution in [2.45, 2.75) is 56.7 Å². The van der Waals surface area contributed by atoms with Gasteiger partial charge in [-0.25, -0.2) is 14.5 Å². The quantitative estimate of drug-likeness (QED) is 0.342. The van der Waals surface area contributed by atoms with Crippen LogP contribution < -0.4 is 20.9 Å². The van der Waals surface area contributed by atoms with Crippen molar-refractivity contribution in [3.63, 3.8) is 0 Å². The lowest BCUT2D eigenvalue weighted by Crippen LogP contribution is -2.54. The highest BCUT2D eigenvalue weighted by atomic mass is 16.4. The van der Waals surface area contributed by atoms with E-state index in [4.69, 9.17) is 4.42 Å². The predicted octanol–water partition coefficient (Wildman–Crippen LogP) is 3.73. The second-order valence-electron chi connectivity index (χ2n) is 10.2. The van der Waals surface area contributed by atoms with Gasteiger partial charge in [0, 0.05) is 49.4 Å². The molecule has 4 aromatic rings. The first-order chi connectivity index (χ1) is 18.7. The Bertz CT molecular complexity index is 1400.